The van der Waals surface area contributed by atoms with Crippen LogP contribution in [-0.2, 0) is 9.53 Å². The van der Waals surface area contributed by atoms with Crippen molar-refractivity contribution < 1.29 is 19.7 Å². The molecule has 5 heteroatoms. The van der Waals surface area contributed by atoms with Crippen molar-refractivity contribution in [2.45, 2.75) is 19.1 Å². The number of β-amino-alcohol motifs (C(OH)–C–C–N with tert-alkyl or cyclic N) is 1. The standard InChI is InChI=1S/C12H15NO4/c1-2-17-12(16)11-8-4-3-7(14)5-9(8)10(15)6-13-11/h3-5,10-11,13-15H,2,6H2,1H3/t10-,11+/m0/s1. The largest absolute Gasteiger partial charge is 0.508 e. The zero-order chi connectivity index (χ0) is 12.4. The van der Waals surface area contributed by atoms with Gasteiger partial charge in [-0.15, -0.1) is 0 Å². The summed E-state index contributed by atoms with van der Waals surface area (Å²) in [7, 11) is 0. The molecule has 17 heavy (non-hydrogen) atoms. The molecule has 0 spiro atoms. The van der Waals surface area contributed by atoms with E-state index in [2.05, 4.69) is 5.32 Å². The van der Waals surface area contributed by atoms with Crippen LogP contribution in [0.25, 0.3) is 0 Å². The Morgan fingerprint density at radius 3 is 3.00 bits per heavy atom. The summed E-state index contributed by atoms with van der Waals surface area (Å²) in [6, 6.07) is 4.02. The van der Waals surface area contributed by atoms with Gasteiger partial charge in [-0.2, -0.15) is 0 Å². The maximum Gasteiger partial charge on any atom is 0.327 e. The van der Waals surface area contributed by atoms with Gasteiger partial charge in [-0.3, -0.25) is 5.32 Å². The number of aliphatic hydroxyl groups is 1. The van der Waals surface area contributed by atoms with E-state index in [1.807, 2.05) is 0 Å². The summed E-state index contributed by atoms with van der Waals surface area (Å²) in [4.78, 5) is 11.7. The summed E-state index contributed by atoms with van der Waals surface area (Å²) in [5.74, 6) is -0.293. The van der Waals surface area contributed by atoms with Gasteiger partial charge in [0.05, 0.1) is 12.7 Å². The molecule has 3 N–H and O–H groups in total. The molecule has 5 nitrogen and oxygen atoms in total. The smallest absolute Gasteiger partial charge is 0.327 e. The lowest BCUT2D eigenvalue weighted by Crippen LogP contribution is -2.38. The molecule has 0 saturated heterocycles. The molecule has 0 unspecified atom stereocenters. The minimum absolute atomic E-state index is 0.0762. The van der Waals surface area contributed by atoms with Gasteiger partial charge < -0.3 is 14.9 Å². The van der Waals surface area contributed by atoms with Gasteiger partial charge in [0.2, 0.25) is 0 Å². The molecular weight excluding hydrogens is 222 g/mol. The normalized spacial score (nSPS) is 22.9. The second kappa shape index (κ2) is 4.73. The van der Waals surface area contributed by atoms with Gasteiger partial charge in [0.25, 0.3) is 0 Å². The number of aliphatic hydroxyl groups excluding tert-OH is 1. The van der Waals surface area contributed by atoms with E-state index in [1.54, 1.807) is 13.0 Å². The van der Waals surface area contributed by atoms with Crippen LogP contribution < -0.4 is 5.32 Å². The predicted octanol–water partition coefficient (Wildman–Crippen LogP) is 0.633. The van der Waals surface area contributed by atoms with E-state index in [0.717, 1.165) is 0 Å². The van der Waals surface area contributed by atoms with E-state index in [0.29, 0.717) is 17.7 Å². The highest BCUT2D eigenvalue weighted by Crippen LogP contribution is 2.31. The number of carbonyl (C=O) groups excluding carboxylic acids is 1. The number of nitrogens with one attached hydrogen (secondary N) is 1. The second-order valence-corrected chi connectivity index (χ2v) is 3.92. The number of esters is 1. The zero-order valence-electron chi connectivity index (χ0n) is 9.51. The molecule has 1 aliphatic heterocycles. The van der Waals surface area contributed by atoms with Gasteiger partial charge in [-0.05, 0) is 30.2 Å². The van der Waals surface area contributed by atoms with Crippen LogP contribution in [0.5, 0.6) is 5.75 Å². The van der Waals surface area contributed by atoms with Crippen molar-refractivity contribution in [2.24, 2.45) is 0 Å². The number of aromatic hydroxyl groups is 1. The Labute approximate surface area is 99.0 Å². The van der Waals surface area contributed by atoms with Crippen molar-refractivity contribution in [3.8, 4) is 5.75 Å². The van der Waals surface area contributed by atoms with Crippen LogP contribution in [0.1, 0.15) is 30.2 Å². The summed E-state index contributed by atoms with van der Waals surface area (Å²) in [5.41, 5.74) is 1.22. The predicted molar refractivity (Wildman–Crippen MR) is 60.4 cm³/mol. The van der Waals surface area contributed by atoms with E-state index in [9.17, 15) is 15.0 Å². The third-order valence-corrected chi connectivity index (χ3v) is 2.78. The number of hydrogen-bond donors (Lipinski definition) is 3. The lowest BCUT2D eigenvalue weighted by molar-refractivity contribution is -0.146. The number of phenols is 1. The van der Waals surface area contributed by atoms with Crippen LogP contribution in [0.15, 0.2) is 18.2 Å². The molecule has 1 aromatic carbocycles. The molecule has 1 heterocycles. The first-order chi connectivity index (χ1) is 8.13. The van der Waals surface area contributed by atoms with E-state index >= 15 is 0 Å². The van der Waals surface area contributed by atoms with Gasteiger partial charge in [0.1, 0.15) is 11.8 Å². The molecule has 0 bridgehead atoms. The molecule has 0 radical (unpaired) electrons. The van der Waals surface area contributed by atoms with E-state index in [4.69, 9.17) is 4.74 Å². The molecule has 1 aliphatic rings. The summed E-state index contributed by atoms with van der Waals surface area (Å²) in [6.45, 7) is 2.32. The van der Waals surface area contributed by atoms with Crippen LogP contribution >= 0.6 is 0 Å². The Bertz CT molecular complexity index is 433. The van der Waals surface area contributed by atoms with Gasteiger partial charge in [0.15, 0.2) is 0 Å². The molecule has 2 rings (SSSR count). The number of fused-ring (bicyclic) bond motifs is 1. The van der Waals surface area contributed by atoms with Crippen LogP contribution in [0.3, 0.4) is 0 Å². The Balaban J connectivity index is 2.35. The molecule has 0 amide bonds. The third kappa shape index (κ3) is 2.25. The maximum atomic E-state index is 11.7. The lowest BCUT2D eigenvalue weighted by atomic mass is 9.92. The Hall–Kier alpha value is -1.59. The van der Waals surface area contributed by atoms with Gasteiger partial charge >= 0.3 is 5.97 Å². The first-order valence-electron chi connectivity index (χ1n) is 5.54. The average Bonchev–Trinajstić information content (AvgIpc) is 2.30. The molecule has 0 fully saturated rings. The zero-order valence-corrected chi connectivity index (χ0v) is 9.51. The highest BCUT2D eigenvalue weighted by molar-refractivity contribution is 5.78. The monoisotopic (exact) mass is 237 g/mol. The number of benzene rings is 1. The highest BCUT2D eigenvalue weighted by Gasteiger charge is 2.31. The van der Waals surface area contributed by atoms with Crippen molar-refractivity contribution in [1.82, 2.24) is 5.32 Å². The van der Waals surface area contributed by atoms with Crippen LogP contribution in [0.2, 0.25) is 0 Å². The number of hydrogen-bond acceptors (Lipinski definition) is 5. The number of phenolic OH excluding ortho intramolecular Hbond substituents is 1. The summed E-state index contributed by atoms with van der Waals surface area (Å²) >= 11 is 0. The van der Waals surface area contributed by atoms with Crippen LogP contribution in [0, 0.1) is 0 Å². The first-order valence-corrected chi connectivity index (χ1v) is 5.54. The molecule has 1 aromatic rings. The minimum atomic E-state index is -0.720. The lowest BCUT2D eigenvalue weighted by Gasteiger charge is -2.28. The minimum Gasteiger partial charge on any atom is -0.508 e. The quantitative estimate of drug-likeness (QED) is 0.658. The Morgan fingerprint density at radius 1 is 1.53 bits per heavy atom. The van der Waals surface area contributed by atoms with Gasteiger partial charge in [0, 0.05) is 6.54 Å². The number of rotatable bonds is 2. The number of carbonyl (C=O) groups is 1. The molecule has 92 valence electrons. The Kier molecular flexibility index (Phi) is 3.31. The average molecular weight is 237 g/mol. The number of ether oxygens (including phenoxy) is 1. The summed E-state index contributed by atoms with van der Waals surface area (Å²) in [5, 5.41) is 22.1. The van der Waals surface area contributed by atoms with Crippen molar-refractivity contribution in [1.29, 1.82) is 0 Å². The van der Waals surface area contributed by atoms with Crippen molar-refractivity contribution >= 4 is 5.97 Å². The first kappa shape index (κ1) is 11.9. The topological polar surface area (TPSA) is 78.8 Å². The van der Waals surface area contributed by atoms with Gasteiger partial charge in [-0.25, -0.2) is 4.79 Å². The van der Waals surface area contributed by atoms with Gasteiger partial charge in [-0.1, -0.05) is 6.07 Å². The summed E-state index contributed by atoms with van der Waals surface area (Å²) in [6.07, 6.45) is -0.720. The highest BCUT2D eigenvalue weighted by atomic mass is 16.5. The third-order valence-electron chi connectivity index (χ3n) is 2.78. The van der Waals surface area contributed by atoms with Crippen LogP contribution in [0.4, 0.5) is 0 Å². The SMILES string of the molecule is CCOC(=O)[C@@H]1NC[C@H](O)c2cc(O)ccc21. The molecular formula is C12H15NO4. The molecule has 2 atom stereocenters. The fourth-order valence-corrected chi connectivity index (χ4v) is 2.00. The van der Waals surface area contributed by atoms with E-state index < -0.39 is 12.1 Å². The van der Waals surface area contributed by atoms with Crippen molar-refractivity contribution in [3.05, 3.63) is 29.3 Å². The molecule has 0 saturated carbocycles. The maximum absolute atomic E-state index is 11.7. The second-order valence-electron chi connectivity index (χ2n) is 3.92. The van der Waals surface area contributed by atoms with Crippen LogP contribution in [-0.4, -0.2) is 29.3 Å². The molecule has 0 aromatic heterocycles. The van der Waals surface area contributed by atoms with E-state index in [-0.39, 0.29) is 18.3 Å². The fourth-order valence-electron chi connectivity index (χ4n) is 2.00. The molecule has 0 aliphatic carbocycles. The van der Waals surface area contributed by atoms with Crippen molar-refractivity contribution in [2.75, 3.05) is 13.2 Å². The van der Waals surface area contributed by atoms with E-state index in [1.165, 1.54) is 12.1 Å². The Morgan fingerprint density at radius 2 is 2.29 bits per heavy atom. The van der Waals surface area contributed by atoms with Crippen molar-refractivity contribution in [3.63, 3.8) is 0 Å². The fraction of sp³-hybridized carbons (Fsp3) is 0.417. The summed E-state index contributed by atoms with van der Waals surface area (Å²) < 4.78 is 4.96.